The van der Waals surface area contributed by atoms with Crippen molar-refractivity contribution in [3.8, 4) is 5.75 Å². The van der Waals surface area contributed by atoms with Gasteiger partial charge in [0.1, 0.15) is 6.61 Å². The number of halogens is 1. The summed E-state index contributed by atoms with van der Waals surface area (Å²) in [6.45, 7) is 1.29. The van der Waals surface area contributed by atoms with Gasteiger partial charge in [-0.1, -0.05) is 41.9 Å². The average Bonchev–Trinajstić information content (AvgIpc) is 2.68. The molecule has 2 aromatic carbocycles. The van der Waals surface area contributed by atoms with Crippen molar-refractivity contribution in [1.82, 2.24) is 4.98 Å². The molecule has 27 heavy (non-hydrogen) atoms. The van der Waals surface area contributed by atoms with Gasteiger partial charge in [-0.3, -0.25) is 10.1 Å². The topological polar surface area (TPSA) is 91.6 Å². The van der Waals surface area contributed by atoms with Gasteiger partial charge in [0, 0.05) is 11.5 Å². The lowest BCUT2D eigenvalue weighted by Crippen LogP contribution is -2.16. The molecule has 138 valence electrons. The van der Waals surface area contributed by atoms with E-state index in [2.05, 4.69) is 4.98 Å². The number of ether oxygens (including phenoxy) is 2. The van der Waals surface area contributed by atoms with E-state index in [4.69, 9.17) is 21.1 Å². The number of carbonyl (C=O) groups is 1. The number of fused-ring (bicyclic) bond motifs is 1. The fraction of sp³-hybridized carbons (Fsp3) is 0.158. The highest BCUT2D eigenvalue weighted by Gasteiger charge is 2.16. The molecule has 3 aromatic rings. The predicted octanol–water partition coefficient (Wildman–Crippen LogP) is 4.23. The highest BCUT2D eigenvalue weighted by molar-refractivity contribution is 6.32. The average molecular weight is 387 g/mol. The zero-order valence-electron chi connectivity index (χ0n) is 14.3. The van der Waals surface area contributed by atoms with Crippen LogP contribution in [0, 0.1) is 17.0 Å². The SMILES string of the molecule is Cc1c(Cl)c(COC(=O)COc2ccccc2[N+](=O)[O-])nc2ccccc12. The maximum Gasteiger partial charge on any atom is 0.344 e. The number of nitro benzene ring substituents is 1. The van der Waals surface area contributed by atoms with Crippen molar-refractivity contribution in [1.29, 1.82) is 0 Å². The molecule has 0 radical (unpaired) electrons. The molecule has 0 aliphatic carbocycles. The fourth-order valence-corrected chi connectivity index (χ4v) is 2.77. The second kappa shape index (κ2) is 8.01. The molecule has 0 aliphatic rings. The second-order valence-electron chi connectivity index (χ2n) is 5.69. The summed E-state index contributed by atoms with van der Waals surface area (Å²) in [6.07, 6.45) is 0. The van der Waals surface area contributed by atoms with Gasteiger partial charge >= 0.3 is 11.7 Å². The van der Waals surface area contributed by atoms with Crippen LogP contribution < -0.4 is 4.74 Å². The molecule has 3 rings (SSSR count). The molecular formula is C19H15ClN2O5. The van der Waals surface area contributed by atoms with Crippen LogP contribution in [-0.2, 0) is 16.1 Å². The third kappa shape index (κ3) is 4.15. The number of hydrogen-bond donors (Lipinski definition) is 0. The number of aromatic nitrogens is 1. The molecule has 0 bridgehead atoms. The lowest BCUT2D eigenvalue weighted by Gasteiger charge is -2.11. The summed E-state index contributed by atoms with van der Waals surface area (Å²) in [7, 11) is 0. The minimum atomic E-state index is -0.683. The standard InChI is InChI=1S/C19H15ClN2O5/c1-12-13-6-2-3-7-14(13)21-15(19(12)20)10-27-18(23)11-26-17-9-5-4-8-16(17)22(24)25/h2-9H,10-11H2,1H3. The van der Waals surface area contributed by atoms with E-state index < -0.39 is 17.5 Å². The van der Waals surface area contributed by atoms with E-state index in [-0.39, 0.29) is 18.0 Å². The quantitative estimate of drug-likeness (QED) is 0.357. The monoisotopic (exact) mass is 386 g/mol. The van der Waals surface area contributed by atoms with Gasteiger partial charge in [0.25, 0.3) is 0 Å². The van der Waals surface area contributed by atoms with E-state index in [0.717, 1.165) is 16.5 Å². The molecule has 0 unspecified atom stereocenters. The van der Waals surface area contributed by atoms with Crippen molar-refractivity contribution in [2.75, 3.05) is 6.61 Å². The number of rotatable bonds is 6. The first-order valence-electron chi connectivity index (χ1n) is 8.03. The number of pyridine rings is 1. The Kier molecular flexibility index (Phi) is 5.52. The molecule has 1 heterocycles. The van der Waals surface area contributed by atoms with Crippen LogP contribution in [-0.4, -0.2) is 22.5 Å². The molecule has 0 atom stereocenters. The lowest BCUT2D eigenvalue weighted by atomic mass is 10.1. The smallest absolute Gasteiger partial charge is 0.344 e. The number of nitro groups is 1. The fourth-order valence-electron chi connectivity index (χ4n) is 2.57. The number of hydrogen-bond acceptors (Lipinski definition) is 6. The minimum Gasteiger partial charge on any atom is -0.475 e. The van der Waals surface area contributed by atoms with Crippen molar-refractivity contribution in [2.24, 2.45) is 0 Å². The third-order valence-corrected chi connectivity index (χ3v) is 4.43. The summed E-state index contributed by atoms with van der Waals surface area (Å²) in [5.41, 5.74) is 1.82. The molecule has 0 N–H and O–H groups in total. The van der Waals surface area contributed by atoms with Crippen LogP contribution in [0.3, 0.4) is 0 Å². The Balaban J connectivity index is 1.66. The van der Waals surface area contributed by atoms with Crippen molar-refractivity contribution in [3.05, 3.63) is 74.9 Å². The van der Waals surface area contributed by atoms with Crippen LogP contribution >= 0.6 is 11.6 Å². The first-order chi connectivity index (χ1) is 13.0. The predicted molar refractivity (Wildman–Crippen MR) is 99.9 cm³/mol. The van der Waals surface area contributed by atoms with Gasteiger partial charge in [-0.2, -0.15) is 0 Å². The van der Waals surface area contributed by atoms with Crippen LogP contribution in [0.1, 0.15) is 11.3 Å². The number of carbonyl (C=O) groups excluding carboxylic acids is 1. The number of nitrogens with zero attached hydrogens (tertiary/aromatic N) is 2. The summed E-state index contributed by atoms with van der Waals surface area (Å²) in [4.78, 5) is 26.7. The highest BCUT2D eigenvalue weighted by Crippen LogP contribution is 2.28. The molecule has 0 saturated carbocycles. The zero-order valence-corrected chi connectivity index (χ0v) is 15.1. The molecule has 0 amide bonds. The summed E-state index contributed by atoms with van der Waals surface area (Å²) < 4.78 is 10.4. The van der Waals surface area contributed by atoms with Crippen LogP contribution in [0.15, 0.2) is 48.5 Å². The van der Waals surface area contributed by atoms with E-state index in [0.29, 0.717) is 10.7 Å². The molecule has 0 fully saturated rings. The summed E-state index contributed by atoms with van der Waals surface area (Å²) >= 11 is 6.32. The molecular weight excluding hydrogens is 372 g/mol. The summed E-state index contributed by atoms with van der Waals surface area (Å²) in [5.74, 6) is -0.686. The lowest BCUT2D eigenvalue weighted by molar-refractivity contribution is -0.385. The Morgan fingerprint density at radius 2 is 1.89 bits per heavy atom. The van der Waals surface area contributed by atoms with Gasteiger partial charge in [0.2, 0.25) is 0 Å². The molecule has 0 spiro atoms. The van der Waals surface area contributed by atoms with E-state index >= 15 is 0 Å². The molecule has 0 aliphatic heterocycles. The summed E-state index contributed by atoms with van der Waals surface area (Å²) in [6, 6.07) is 13.3. The van der Waals surface area contributed by atoms with Crippen molar-refractivity contribution >= 4 is 34.2 Å². The van der Waals surface area contributed by atoms with Crippen molar-refractivity contribution < 1.29 is 19.2 Å². The number of para-hydroxylation sites is 3. The largest absolute Gasteiger partial charge is 0.475 e. The molecule has 8 heteroatoms. The van der Waals surface area contributed by atoms with Gasteiger partial charge in [-0.25, -0.2) is 9.78 Å². The Hall–Kier alpha value is -3.19. The summed E-state index contributed by atoms with van der Waals surface area (Å²) in [5, 5.41) is 12.3. The van der Waals surface area contributed by atoms with Crippen LogP contribution in [0.4, 0.5) is 5.69 Å². The maximum atomic E-state index is 11.9. The van der Waals surface area contributed by atoms with Gasteiger partial charge < -0.3 is 9.47 Å². The Labute approximate surface area is 159 Å². The molecule has 0 saturated heterocycles. The van der Waals surface area contributed by atoms with E-state index in [1.807, 2.05) is 31.2 Å². The van der Waals surface area contributed by atoms with Gasteiger partial charge in [-0.15, -0.1) is 0 Å². The Morgan fingerprint density at radius 3 is 2.67 bits per heavy atom. The van der Waals surface area contributed by atoms with Crippen molar-refractivity contribution in [3.63, 3.8) is 0 Å². The number of esters is 1. The molecule has 1 aromatic heterocycles. The molecule has 7 nitrogen and oxygen atoms in total. The highest BCUT2D eigenvalue weighted by atomic mass is 35.5. The second-order valence-corrected chi connectivity index (χ2v) is 6.07. The van der Waals surface area contributed by atoms with Gasteiger partial charge in [0.05, 0.1) is 21.2 Å². The van der Waals surface area contributed by atoms with Crippen LogP contribution in [0.5, 0.6) is 5.75 Å². The van der Waals surface area contributed by atoms with E-state index in [1.165, 1.54) is 18.2 Å². The first-order valence-corrected chi connectivity index (χ1v) is 8.40. The first kappa shape index (κ1) is 18.6. The number of aryl methyl sites for hydroxylation is 1. The normalized spacial score (nSPS) is 10.6. The zero-order chi connectivity index (χ0) is 19.4. The minimum absolute atomic E-state index is 0.00263. The van der Waals surface area contributed by atoms with Gasteiger partial charge in [0.15, 0.2) is 12.4 Å². The Morgan fingerprint density at radius 1 is 1.19 bits per heavy atom. The van der Waals surface area contributed by atoms with Crippen LogP contribution in [0.25, 0.3) is 10.9 Å². The maximum absolute atomic E-state index is 11.9. The number of benzene rings is 2. The Bertz CT molecular complexity index is 1020. The van der Waals surface area contributed by atoms with Gasteiger partial charge in [-0.05, 0) is 24.6 Å². The third-order valence-electron chi connectivity index (χ3n) is 3.92. The van der Waals surface area contributed by atoms with E-state index in [1.54, 1.807) is 6.07 Å². The van der Waals surface area contributed by atoms with Crippen LogP contribution in [0.2, 0.25) is 5.02 Å². The van der Waals surface area contributed by atoms with Crippen molar-refractivity contribution in [2.45, 2.75) is 13.5 Å². The van der Waals surface area contributed by atoms with E-state index in [9.17, 15) is 14.9 Å².